The minimum atomic E-state index is -0.252. The van der Waals surface area contributed by atoms with Crippen LogP contribution < -0.4 is 4.74 Å². The lowest BCUT2D eigenvalue weighted by molar-refractivity contribution is -0.123. The summed E-state index contributed by atoms with van der Waals surface area (Å²) in [4.78, 5) is 26.9. The van der Waals surface area contributed by atoms with Gasteiger partial charge in [-0.2, -0.15) is 0 Å². The van der Waals surface area contributed by atoms with Gasteiger partial charge in [-0.15, -0.1) is 0 Å². The first-order valence-corrected chi connectivity index (χ1v) is 10.9. The molecule has 1 aliphatic rings. The van der Waals surface area contributed by atoms with Crippen molar-refractivity contribution < 1.29 is 14.3 Å². The summed E-state index contributed by atoms with van der Waals surface area (Å²) in [6.45, 7) is 4.84. The summed E-state index contributed by atoms with van der Waals surface area (Å²) in [5.41, 5.74) is 5.23. The highest BCUT2D eigenvalue weighted by Gasteiger charge is 2.35. The quantitative estimate of drug-likeness (QED) is 0.443. The van der Waals surface area contributed by atoms with Crippen molar-refractivity contribution in [1.29, 1.82) is 0 Å². The second-order valence-electron chi connectivity index (χ2n) is 7.48. The van der Waals surface area contributed by atoms with E-state index in [1.807, 2.05) is 67.6 Å². The molecular formula is C26H23NO3S. The molecule has 1 aliphatic heterocycles. The fourth-order valence-corrected chi connectivity index (χ4v) is 4.18. The molecule has 0 N–H and O–H groups in total. The second kappa shape index (κ2) is 9.23. The number of nitrogens with zero attached hydrogens (tertiary/aromatic N) is 1. The van der Waals surface area contributed by atoms with Gasteiger partial charge >= 0.3 is 0 Å². The highest BCUT2D eigenvalue weighted by Crippen LogP contribution is 2.33. The van der Waals surface area contributed by atoms with Crippen molar-refractivity contribution in [2.24, 2.45) is 0 Å². The van der Waals surface area contributed by atoms with Crippen LogP contribution in [0.4, 0.5) is 4.79 Å². The number of ether oxygens (including phenoxy) is 1. The highest BCUT2D eigenvalue weighted by atomic mass is 32.2. The van der Waals surface area contributed by atoms with Gasteiger partial charge in [-0.25, -0.2) is 0 Å². The fourth-order valence-electron chi connectivity index (χ4n) is 3.34. The molecule has 3 aromatic carbocycles. The Labute approximate surface area is 186 Å². The van der Waals surface area contributed by atoms with Gasteiger partial charge in [-0.3, -0.25) is 14.5 Å². The molecule has 0 bridgehead atoms. The maximum absolute atomic E-state index is 12.8. The maximum Gasteiger partial charge on any atom is 0.293 e. The van der Waals surface area contributed by atoms with E-state index in [0.717, 1.165) is 39.8 Å². The molecule has 2 amide bonds. The van der Waals surface area contributed by atoms with Crippen LogP contribution in [0, 0.1) is 13.8 Å². The van der Waals surface area contributed by atoms with Gasteiger partial charge in [0.05, 0.1) is 11.4 Å². The molecule has 0 radical (unpaired) electrons. The molecule has 4 rings (SSSR count). The van der Waals surface area contributed by atoms with E-state index >= 15 is 0 Å². The van der Waals surface area contributed by atoms with Gasteiger partial charge in [-0.1, -0.05) is 60.7 Å². The summed E-state index contributed by atoms with van der Waals surface area (Å²) in [5.74, 6) is 0.506. The van der Waals surface area contributed by atoms with Crippen molar-refractivity contribution in [3.8, 4) is 5.75 Å². The molecular weight excluding hydrogens is 406 g/mol. The van der Waals surface area contributed by atoms with Crippen LogP contribution in [0.5, 0.6) is 5.75 Å². The number of hydrogen-bond acceptors (Lipinski definition) is 4. The van der Waals surface area contributed by atoms with Crippen LogP contribution in [-0.4, -0.2) is 16.0 Å². The lowest BCUT2D eigenvalue weighted by atomic mass is 10.1. The van der Waals surface area contributed by atoms with E-state index in [9.17, 15) is 9.59 Å². The van der Waals surface area contributed by atoms with E-state index in [2.05, 4.69) is 19.1 Å². The largest absolute Gasteiger partial charge is 0.489 e. The van der Waals surface area contributed by atoms with Crippen molar-refractivity contribution >= 4 is 29.0 Å². The summed E-state index contributed by atoms with van der Waals surface area (Å²) in [6.07, 6.45) is 1.76. The number of thioether (sulfide) groups is 1. The van der Waals surface area contributed by atoms with E-state index in [0.29, 0.717) is 18.1 Å². The van der Waals surface area contributed by atoms with E-state index in [1.165, 1.54) is 10.5 Å². The first kappa shape index (κ1) is 20.9. The number of benzene rings is 3. The third-order valence-electron chi connectivity index (χ3n) is 5.30. The standard InChI is InChI=1S/C26H23NO3S/c1-18-7-3-5-9-21(18)16-27-25(28)24(31-26(27)29)15-20-11-13-23(14-12-20)30-17-22-10-6-4-8-19(22)2/h3-15H,16-17H2,1-2H3/b24-15-. The molecule has 0 saturated carbocycles. The Morgan fingerprint density at radius 1 is 0.839 bits per heavy atom. The molecule has 0 aliphatic carbocycles. The minimum absolute atomic E-state index is 0.238. The highest BCUT2D eigenvalue weighted by molar-refractivity contribution is 8.18. The molecule has 1 fully saturated rings. The van der Waals surface area contributed by atoms with Crippen LogP contribution in [0.1, 0.15) is 27.8 Å². The number of carbonyl (C=O) groups is 2. The number of rotatable bonds is 6. The second-order valence-corrected chi connectivity index (χ2v) is 8.47. The first-order valence-electron chi connectivity index (χ1n) is 10.1. The van der Waals surface area contributed by atoms with Crippen molar-refractivity contribution in [3.05, 3.63) is 106 Å². The zero-order chi connectivity index (χ0) is 21.8. The van der Waals surface area contributed by atoms with Gasteiger partial charge < -0.3 is 4.74 Å². The molecule has 3 aromatic rings. The van der Waals surface area contributed by atoms with Gasteiger partial charge in [0.25, 0.3) is 11.1 Å². The number of hydrogen-bond donors (Lipinski definition) is 0. The molecule has 0 spiro atoms. The van der Waals surface area contributed by atoms with E-state index in [4.69, 9.17) is 4.74 Å². The molecule has 4 nitrogen and oxygen atoms in total. The molecule has 156 valence electrons. The van der Waals surface area contributed by atoms with Crippen molar-refractivity contribution in [1.82, 2.24) is 4.90 Å². The summed E-state index contributed by atoms with van der Waals surface area (Å²) >= 11 is 0.982. The van der Waals surface area contributed by atoms with Gasteiger partial charge in [-0.05, 0) is 71.6 Å². The zero-order valence-corrected chi connectivity index (χ0v) is 18.3. The normalized spacial score (nSPS) is 15.0. The SMILES string of the molecule is Cc1ccccc1COc1ccc(/C=C2\SC(=O)N(Cc3ccccc3C)C2=O)cc1. The topological polar surface area (TPSA) is 46.6 Å². The van der Waals surface area contributed by atoms with E-state index in [-0.39, 0.29) is 11.1 Å². The Bertz CT molecular complexity index is 1150. The molecule has 1 saturated heterocycles. The molecule has 0 unspecified atom stereocenters. The molecule has 0 atom stereocenters. The minimum Gasteiger partial charge on any atom is -0.489 e. The Morgan fingerprint density at radius 2 is 1.45 bits per heavy atom. The number of carbonyl (C=O) groups excluding carboxylic acids is 2. The van der Waals surface area contributed by atoms with Crippen molar-refractivity contribution in [2.75, 3.05) is 0 Å². The van der Waals surface area contributed by atoms with Crippen LogP contribution >= 0.6 is 11.8 Å². The molecule has 1 heterocycles. The Kier molecular flexibility index (Phi) is 6.23. The Morgan fingerprint density at radius 3 is 2.10 bits per heavy atom. The summed E-state index contributed by atoms with van der Waals surface area (Å²) in [5, 5.41) is -0.238. The average Bonchev–Trinajstić information content (AvgIpc) is 3.03. The van der Waals surface area contributed by atoms with Crippen LogP contribution in [0.25, 0.3) is 6.08 Å². The average molecular weight is 430 g/mol. The van der Waals surface area contributed by atoms with Crippen LogP contribution in [-0.2, 0) is 17.9 Å². The summed E-state index contributed by atoms with van der Waals surface area (Å²) in [6, 6.07) is 23.4. The van der Waals surface area contributed by atoms with Crippen LogP contribution in [0.15, 0.2) is 77.7 Å². The molecule has 31 heavy (non-hydrogen) atoms. The molecule has 5 heteroatoms. The smallest absolute Gasteiger partial charge is 0.293 e. The van der Waals surface area contributed by atoms with Gasteiger partial charge in [0, 0.05) is 0 Å². The van der Waals surface area contributed by atoms with Crippen LogP contribution in [0.3, 0.4) is 0 Å². The third-order valence-corrected chi connectivity index (χ3v) is 6.20. The van der Waals surface area contributed by atoms with Gasteiger partial charge in [0.2, 0.25) is 0 Å². The monoisotopic (exact) mass is 429 g/mol. The maximum atomic E-state index is 12.8. The van der Waals surface area contributed by atoms with Crippen molar-refractivity contribution in [3.63, 3.8) is 0 Å². The van der Waals surface area contributed by atoms with Gasteiger partial charge in [0.15, 0.2) is 0 Å². The predicted octanol–water partition coefficient (Wildman–Crippen LogP) is 6.12. The zero-order valence-electron chi connectivity index (χ0n) is 17.5. The predicted molar refractivity (Wildman–Crippen MR) is 125 cm³/mol. The summed E-state index contributed by atoms with van der Waals surface area (Å²) < 4.78 is 5.88. The number of aryl methyl sites for hydroxylation is 2. The first-order chi connectivity index (χ1) is 15.0. The fraction of sp³-hybridized carbons (Fsp3) is 0.154. The lowest BCUT2D eigenvalue weighted by Crippen LogP contribution is -2.27. The Balaban J connectivity index is 1.42. The summed E-state index contributed by atoms with van der Waals surface area (Å²) in [7, 11) is 0. The number of imide groups is 1. The van der Waals surface area contributed by atoms with E-state index < -0.39 is 0 Å². The van der Waals surface area contributed by atoms with E-state index in [1.54, 1.807) is 6.08 Å². The van der Waals surface area contributed by atoms with Crippen LogP contribution in [0.2, 0.25) is 0 Å². The lowest BCUT2D eigenvalue weighted by Gasteiger charge is -2.14. The Hall–Kier alpha value is -3.31. The molecule has 0 aromatic heterocycles. The van der Waals surface area contributed by atoms with Gasteiger partial charge in [0.1, 0.15) is 12.4 Å². The van der Waals surface area contributed by atoms with Crippen molar-refractivity contribution in [2.45, 2.75) is 27.0 Å². The number of amides is 2. The third kappa shape index (κ3) is 4.89.